The van der Waals surface area contributed by atoms with Crippen LogP contribution in [0.4, 0.5) is 5.69 Å². The van der Waals surface area contributed by atoms with Crippen LogP contribution in [0.3, 0.4) is 0 Å². The summed E-state index contributed by atoms with van der Waals surface area (Å²) in [6.45, 7) is -0.551. The van der Waals surface area contributed by atoms with Crippen molar-refractivity contribution in [2.75, 3.05) is 6.61 Å². The number of aliphatic carboxylic acids is 2. The van der Waals surface area contributed by atoms with Crippen LogP contribution in [0.25, 0.3) is 0 Å². The molecule has 0 saturated heterocycles. The van der Waals surface area contributed by atoms with Gasteiger partial charge in [-0.3, -0.25) is 24.5 Å². The predicted octanol–water partition coefficient (Wildman–Crippen LogP) is -2.04. The minimum atomic E-state index is -1.33. The van der Waals surface area contributed by atoms with Gasteiger partial charge in [-0.1, -0.05) is 23.2 Å². The Hall–Kier alpha value is -1.47. The molecule has 11 nitrogen and oxygen atoms in total. The van der Waals surface area contributed by atoms with Crippen molar-refractivity contribution in [3.63, 3.8) is 0 Å². The molecule has 0 saturated carbocycles. The molecule has 2 unspecified atom stereocenters. The van der Waals surface area contributed by atoms with E-state index in [0.29, 0.717) is 5.56 Å². The molecule has 0 fully saturated rings. The molecular weight excluding hydrogens is 446 g/mol. The van der Waals surface area contributed by atoms with Gasteiger partial charge in [0.1, 0.15) is 6.10 Å². The molecule has 1 amide bonds. The van der Waals surface area contributed by atoms with E-state index in [0.717, 1.165) is 0 Å². The molecule has 1 aromatic rings. The van der Waals surface area contributed by atoms with Crippen LogP contribution in [0.1, 0.15) is 25.9 Å². The van der Waals surface area contributed by atoms with E-state index in [1.54, 1.807) is 0 Å². The number of nitro groups is 1. The number of aliphatic hydroxyl groups is 2. The summed E-state index contributed by atoms with van der Waals surface area (Å²) in [6.07, 6.45) is -1.85. The van der Waals surface area contributed by atoms with Crippen molar-refractivity contribution in [2.45, 2.75) is 29.8 Å². The van der Waals surface area contributed by atoms with E-state index in [1.807, 2.05) is 0 Å². The first-order chi connectivity index (χ1) is 13.0. The van der Waals surface area contributed by atoms with Gasteiger partial charge in [-0.15, -0.1) is 0 Å². The number of amides is 1. The molecule has 1 rings (SSSR count). The van der Waals surface area contributed by atoms with Gasteiger partial charge in [-0.25, -0.2) is 0 Å². The maximum absolute atomic E-state index is 11.3. The van der Waals surface area contributed by atoms with Crippen molar-refractivity contribution in [1.29, 1.82) is 0 Å². The van der Waals surface area contributed by atoms with Crippen molar-refractivity contribution in [3.05, 3.63) is 39.9 Å². The van der Waals surface area contributed by atoms with E-state index < -0.39 is 46.4 Å². The third-order valence-electron chi connectivity index (χ3n) is 3.10. The Balaban J connectivity index is -0.000000626. The third-order valence-corrected chi connectivity index (χ3v) is 3.50. The fraction of sp³-hybridized carbons (Fsp3) is 0.400. The van der Waals surface area contributed by atoms with Crippen LogP contribution >= 0.6 is 23.2 Å². The number of carboxylic acids is 2. The Labute approximate surface area is 198 Å². The van der Waals surface area contributed by atoms with Crippen molar-refractivity contribution in [2.24, 2.45) is 0 Å². The number of benzene rings is 1. The molecule has 0 aliphatic heterocycles. The number of hydrogen-bond acceptors (Lipinski definition) is 7. The Morgan fingerprint density at radius 2 is 1.55 bits per heavy atom. The summed E-state index contributed by atoms with van der Waals surface area (Å²) in [5.41, 5.74) is 0.169. The molecular formula is C15H19Cl2N2NaO9. The third kappa shape index (κ3) is 12.6. The molecule has 0 bridgehead atoms. The number of nitrogens with one attached hydrogen (secondary N) is 1. The van der Waals surface area contributed by atoms with Gasteiger partial charge in [-0.2, -0.15) is 0 Å². The molecule has 0 spiro atoms. The van der Waals surface area contributed by atoms with Crippen molar-refractivity contribution in [1.82, 2.24) is 5.32 Å². The number of halogens is 2. The Morgan fingerprint density at radius 3 is 1.86 bits per heavy atom. The number of non-ortho nitro benzene ring substituents is 1. The summed E-state index contributed by atoms with van der Waals surface area (Å²) >= 11 is 10.7. The van der Waals surface area contributed by atoms with Gasteiger partial charge in [0.25, 0.3) is 11.6 Å². The number of carbonyl (C=O) groups is 3. The summed E-state index contributed by atoms with van der Waals surface area (Å²) in [4.78, 5) is 39.2. The average Bonchev–Trinajstić information content (AvgIpc) is 2.64. The van der Waals surface area contributed by atoms with Gasteiger partial charge in [-0.05, 0) is 17.7 Å². The van der Waals surface area contributed by atoms with Crippen molar-refractivity contribution >= 4 is 46.7 Å². The second-order valence-corrected chi connectivity index (χ2v) is 6.28. The number of carbonyl (C=O) groups excluding carboxylic acids is 1. The standard InChI is InChI=1S/C11H12Cl2N2O5.C4H6O4.Na.H/c12-10(13)11(18)14-8(5-16)9(17)6-1-3-7(4-2-6)15(19)20;5-3(6)1-2-4(7)8;;/h1-4,8-10,16-17H,5H2,(H,14,18);1-2H2,(H,5,6)(H,7,8);;/q;;+1;-1. The molecule has 14 heteroatoms. The largest absolute Gasteiger partial charge is 1.00 e. The molecule has 0 aliphatic carbocycles. The van der Waals surface area contributed by atoms with E-state index in [1.165, 1.54) is 24.3 Å². The van der Waals surface area contributed by atoms with E-state index in [-0.39, 0.29) is 49.5 Å². The van der Waals surface area contributed by atoms with Crippen LogP contribution in [0.5, 0.6) is 0 Å². The van der Waals surface area contributed by atoms with Crippen molar-refractivity contribution < 1.29 is 70.7 Å². The molecule has 1 aromatic carbocycles. The number of alkyl halides is 2. The summed E-state index contributed by atoms with van der Waals surface area (Å²) in [5, 5.41) is 47.7. The Morgan fingerprint density at radius 1 is 1.10 bits per heavy atom. The molecule has 5 N–H and O–H groups in total. The van der Waals surface area contributed by atoms with Gasteiger partial charge in [0.2, 0.25) is 0 Å². The fourth-order valence-electron chi connectivity index (χ4n) is 1.71. The second-order valence-electron chi connectivity index (χ2n) is 5.18. The van der Waals surface area contributed by atoms with Crippen molar-refractivity contribution in [3.8, 4) is 0 Å². The Kier molecular flexibility index (Phi) is 15.8. The summed E-state index contributed by atoms with van der Waals surface area (Å²) < 4.78 is 0. The molecule has 0 aliphatic rings. The first kappa shape index (κ1) is 29.7. The predicted molar refractivity (Wildman–Crippen MR) is 98.2 cm³/mol. The van der Waals surface area contributed by atoms with Crippen LogP contribution < -0.4 is 34.9 Å². The van der Waals surface area contributed by atoms with Crippen LogP contribution in [0.2, 0.25) is 0 Å². The topological polar surface area (TPSA) is 187 Å². The molecule has 0 radical (unpaired) electrons. The summed E-state index contributed by atoms with van der Waals surface area (Å²) in [5.74, 6) is -2.91. The number of nitrogens with zero attached hydrogens (tertiary/aromatic N) is 1. The SMILES string of the molecule is O=C(NC(CO)C(O)c1ccc([N+](=O)[O-])cc1)C(Cl)Cl.O=C(O)CCC(=O)O.[H-].[Na+]. The Bertz CT molecular complexity index is 681. The zero-order chi connectivity index (χ0) is 21.9. The van der Waals surface area contributed by atoms with E-state index >= 15 is 0 Å². The number of aliphatic hydroxyl groups excluding tert-OH is 2. The van der Waals surface area contributed by atoms with Crippen LogP contribution in [-0.2, 0) is 14.4 Å². The summed E-state index contributed by atoms with van der Waals surface area (Å²) in [7, 11) is 0. The summed E-state index contributed by atoms with van der Waals surface area (Å²) in [6, 6.07) is 4.05. The quantitative estimate of drug-likeness (QED) is 0.119. The fourth-order valence-corrected chi connectivity index (χ4v) is 1.84. The first-order valence-electron chi connectivity index (χ1n) is 7.55. The van der Waals surface area contributed by atoms with Gasteiger partial charge in [0.15, 0.2) is 4.84 Å². The zero-order valence-electron chi connectivity index (χ0n) is 16.2. The molecule has 29 heavy (non-hydrogen) atoms. The van der Waals surface area contributed by atoms with Crippen LogP contribution in [0.15, 0.2) is 24.3 Å². The average molecular weight is 465 g/mol. The first-order valence-corrected chi connectivity index (χ1v) is 8.42. The molecule has 0 heterocycles. The van der Waals surface area contributed by atoms with Crippen LogP contribution in [0, 0.1) is 10.1 Å². The minimum absolute atomic E-state index is 0. The van der Waals surface area contributed by atoms with Crippen LogP contribution in [-0.4, -0.2) is 60.7 Å². The second kappa shape index (κ2) is 15.4. The van der Waals surface area contributed by atoms with Gasteiger partial charge in [0, 0.05) is 12.1 Å². The van der Waals surface area contributed by atoms with Gasteiger partial charge >= 0.3 is 41.5 Å². The number of rotatable bonds is 9. The maximum Gasteiger partial charge on any atom is 1.00 e. The van der Waals surface area contributed by atoms with E-state index in [9.17, 15) is 29.6 Å². The number of nitro benzene ring substituents is 1. The number of hydrogen-bond donors (Lipinski definition) is 5. The number of carboxylic acid groups (broad SMARTS) is 2. The molecule has 2 atom stereocenters. The van der Waals surface area contributed by atoms with E-state index in [4.69, 9.17) is 38.5 Å². The van der Waals surface area contributed by atoms with Gasteiger partial charge < -0.3 is 27.2 Å². The smallest absolute Gasteiger partial charge is 1.00 e. The normalized spacial score (nSPS) is 11.9. The maximum atomic E-state index is 11.3. The monoisotopic (exact) mass is 464 g/mol. The molecule has 158 valence electrons. The molecule has 0 aromatic heterocycles. The van der Waals surface area contributed by atoms with E-state index in [2.05, 4.69) is 5.32 Å². The van der Waals surface area contributed by atoms with Gasteiger partial charge in [0.05, 0.1) is 30.4 Å². The minimum Gasteiger partial charge on any atom is -1.00 e. The zero-order valence-corrected chi connectivity index (χ0v) is 18.7.